The van der Waals surface area contributed by atoms with Crippen molar-refractivity contribution in [2.75, 3.05) is 0 Å². The Labute approximate surface area is 72.6 Å². The van der Waals surface area contributed by atoms with E-state index in [-0.39, 0.29) is 5.78 Å². The number of ketones is 1. The Kier molecular flexibility index (Phi) is 2.97. The van der Waals surface area contributed by atoms with Crippen LogP contribution in [0.1, 0.15) is 25.0 Å². The smallest absolute Gasteiger partial charge is 0.134 e. The first kappa shape index (κ1) is 8.91. The summed E-state index contributed by atoms with van der Waals surface area (Å²) in [5, 5.41) is 0. The van der Waals surface area contributed by atoms with Crippen molar-refractivity contribution >= 4 is 5.78 Å². The molecule has 1 heterocycles. The number of carbonyl (C=O) groups excluding carboxylic acids is 1. The standard InChI is InChI=1S/C10H13NO/c1-3-9-5-10(4-8(2)12)7-11-6-9/h5-7H,3-4H2,1-2H3. The fraction of sp³-hybridized carbons (Fsp3) is 0.400. The summed E-state index contributed by atoms with van der Waals surface area (Å²) in [5.41, 5.74) is 2.20. The zero-order valence-corrected chi connectivity index (χ0v) is 7.50. The molecule has 0 fully saturated rings. The third-order valence-corrected chi connectivity index (χ3v) is 1.71. The largest absolute Gasteiger partial charge is 0.300 e. The molecule has 2 heteroatoms. The molecule has 0 aliphatic carbocycles. The normalized spacial score (nSPS) is 9.83. The topological polar surface area (TPSA) is 30.0 Å². The molecule has 12 heavy (non-hydrogen) atoms. The van der Waals surface area contributed by atoms with Gasteiger partial charge in [-0.2, -0.15) is 0 Å². The van der Waals surface area contributed by atoms with Crippen LogP contribution >= 0.6 is 0 Å². The van der Waals surface area contributed by atoms with Gasteiger partial charge in [-0.3, -0.25) is 9.78 Å². The summed E-state index contributed by atoms with van der Waals surface area (Å²) in [4.78, 5) is 14.8. The fourth-order valence-corrected chi connectivity index (χ4v) is 1.12. The van der Waals surface area contributed by atoms with Gasteiger partial charge in [0, 0.05) is 18.8 Å². The van der Waals surface area contributed by atoms with E-state index in [1.165, 1.54) is 5.56 Å². The van der Waals surface area contributed by atoms with Gasteiger partial charge in [-0.25, -0.2) is 0 Å². The van der Waals surface area contributed by atoms with Gasteiger partial charge in [0.05, 0.1) is 0 Å². The molecule has 0 saturated carbocycles. The number of aryl methyl sites for hydroxylation is 1. The summed E-state index contributed by atoms with van der Waals surface area (Å²) in [6.07, 6.45) is 5.06. The van der Waals surface area contributed by atoms with Crippen LogP contribution in [0, 0.1) is 0 Å². The van der Waals surface area contributed by atoms with Gasteiger partial charge in [0.25, 0.3) is 0 Å². The van der Waals surface area contributed by atoms with Crippen molar-refractivity contribution in [2.45, 2.75) is 26.7 Å². The molecular formula is C10H13NO. The number of pyridine rings is 1. The average molecular weight is 163 g/mol. The Morgan fingerprint density at radius 3 is 2.67 bits per heavy atom. The van der Waals surface area contributed by atoms with E-state index >= 15 is 0 Å². The number of hydrogen-bond acceptors (Lipinski definition) is 2. The van der Waals surface area contributed by atoms with Gasteiger partial charge >= 0.3 is 0 Å². The summed E-state index contributed by atoms with van der Waals surface area (Å²) >= 11 is 0. The monoisotopic (exact) mass is 163 g/mol. The molecule has 0 radical (unpaired) electrons. The summed E-state index contributed by atoms with van der Waals surface area (Å²) in [6, 6.07) is 2.04. The zero-order valence-electron chi connectivity index (χ0n) is 7.50. The van der Waals surface area contributed by atoms with E-state index in [1.807, 2.05) is 12.3 Å². The minimum absolute atomic E-state index is 0.185. The Hall–Kier alpha value is -1.18. The molecular weight excluding hydrogens is 150 g/mol. The maximum atomic E-state index is 10.8. The van der Waals surface area contributed by atoms with Crippen LogP contribution in [0.25, 0.3) is 0 Å². The molecule has 1 rings (SSSR count). The molecule has 0 aliphatic rings. The molecule has 0 saturated heterocycles. The molecule has 0 spiro atoms. The molecule has 0 aliphatic heterocycles. The molecule has 0 aromatic carbocycles. The number of carbonyl (C=O) groups is 1. The van der Waals surface area contributed by atoms with E-state index < -0.39 is 0 Å². The van der Waals surface area contributed by atoms with Crippen LogP contribution in [0.3, 0.4) is 0 Å². The van der Waals surface area contributed by atoms with Crippen LogP contribution < -0.4 is 0 Å². The lowest BCUT2D eigenvalue weighted by atomic mass is 10.1. The minimum atomic E-state index is 0.185. The lowest BCUT2D eigenvalue weighted by molar-refractivity contribution is -0.116. The summed E-state index contributed by atoms with van der Waals surface area (Å²) in [5.74, 6) is 0.185. The minimum Gasteiger partial charge on any atom is -0.300 e. The molecule has 2 nitrogen and oxygen atoms in total. The number of Topliss-reactive ketones (excluding diaryl/α,β-unsaturated/α-hetero) is 1. The summed E-state index contributed by atoms with van der Waals surface area (Å²) in [7, 11) is 0. The number of rotatable bonds is 3. The Balaban J connectivity index is 2.79. The van der Waals surface area contributed by atoms with Crippen molar-refractivity contribution in [2.24, 2.45) is 0 Å². The predicted octanol–water partition coefficient (Wildman–Crippen LogP) is 1.78. The average Bonchev–Trinajstić information content (AvgIpc) is 2.03. The van der Waals surface area contributed by atoms with Crippen molar-refractivity contribution in [1.82, 2.24) is 4.98 Å². The highest BCUT2D eigenvalue weighted by atomic mass is 16.1. The van der Waals surface area contributed by atoms with Crippen LogP contribution in [0.15, 0.2) is 18.5 Å². The molecule has 0 unspecified atom stereocenters. The van der Waals surface area contributed by atoms with Crippen LogP contribution in [-0.4, -0.2) is 10.8 Å². The van der Waals surface area contributed by atoms with E-state index in [2.05, 4.69) is 11.9 Å². The number of nitrogens with zero attached hydrogens (tertiary/aromatic N) is 1. The Morgan fingerprint density at radius 1 is 1.42 bits per heavy atom. The van der Waals surface area contributed by atoms with Gasteiger partial charge in [0.15, 0.2) is 0 Å². The molecule has 1 aromatic heterocycles. The van der Waals surface area contributed by atoms with E-state index in [1.54, 1.807) is 13.1 Å². The van der Waals surface area contributed by atoms with Gasteiger partial charge in [0.1, 0.15) is 5.78 Å². The third kappa shape index (κ3) is 2.46. The number of aromatic nitrogens is 1. The quantitative estimate of drug-likeness (QED) is 0.679. The first-order valence-electron chi connectivity index (χ1n) is 4.14. The fourth-order valence-electron chi connectivity index (χ4n) is 1.12. The van der Waals surface area contributed by atoms with Crippen molar-refractivity contribution in [3.8, 4) is 0 Å². The first-order chi connectivity index (χ1) is 5.72. The van der Waals surface area contributed by atoms with Gasteiger partial charge in [-0.05, 0) is 24.5 Å². The van der Waals surface area contributed by atoms with E-state index in [4.69, 9.17) is 0 Å². The second-order valence-electron chi connectivity index (χ2n) is 2.93. The summed E-state index contributed by atoms with van der Waals surface area (Å²) in [6.45, 7) is 3.67. The molecule has 64 valence electrons. The maximum Gasteiger partial charge on any atom is 0.134 e. The highest BCUT2D eigenvalue weighted by Gasteiger charge is 1.98. The highest BCUT2D eigenvalue weighted by molar-refractivity contribution is 5.78. The zero-order chi connectivity index (χ0) is 8.97. The van der Waals surface area contributed by atoms with E-state index in [9.17, 15) is 4.79 Å². The van der Waals surface area contributed by atoms with E-state index in [0.29, 0.717) is 6.42 Å². The number of hydrogen-bond donors (Lipinski definition) is 0. The van der Waals surface area contributed by atoms with Crippen LogP contribution in [0.5, 0.6) is 0 Å². The van der Waals surface area contributed by atoms with Crippen molar-refractivity contribution in [3.63, 3.8) is 0 Å². The SMILES string of the molecule is CCc1cncc(CC(C)=O)c1. The van der Waals surface area contributed by atoms with Crippen molar-refractivity contribution in [1.29, 1.82) is 0 Å². The lowest BCUT2D eigenvalue weighted by Crippen LogP contribution is -1.97. The molecule has 0 bridgehead atoms. The van der Waals surface area contributed by atoms with Crippen molar-refractivity contribution < 1.29 is 4.79 Å². The van der Waals surface area contributed by atoms with Gasteiger partial charge in [0.2, 0.25) is 0 Å². The molecule has 1 aromatic rings. The Morgan fingerprint density at radius 2 is 2.08 bits per heavy atom. The summed E-state index contributed by atoms with van der Waals surface area (Å²) < 4.78 is 0. The first-order valence-corrected chi connectivity index (χ1v) is 4.14. The molecule has 0 amide bonds. The Bertz CT molecular complexity index is 281. The van der Waals surface area contributed by atoms with Crippen LogP contribution in [-0.2, 0) is 17.6 Å². The van der Waals surface area contributed by atoms with Crippen LogP contribution in [0.4, 0.5) is 0 Å². The molecule has 0 N–H and O–H groups in total. The van der Waals surface area contributed by atoms with Gasteiger partial charge in [-0.1, -0.05) is 13.0 Å². The lowest BCUT2D eigenvalue weighted by Gasteiger charge is -1.99. The maximum absolute atomic E-state index is 10.8. The second-order valence-corrected chi connectivity index (χ2v) is 2.93. The predicted molar refractivity (Wildman–Crippen MR) is 48.0 cm³/mol. The molecule has 0 atom stereocenters. The van der Waals surface area contributed by atoms with Crippen LogP contribution in [0.2, 0.25) is 0 Å². The van der Waals surface area contributed by atoms with E-state index in [0.717, 1.165) is 12.0 Å². The van der Waals surface area contributed by atoms with Crippen molar-refractivity contribution in [3.05, 3.63) is 29.6 Å². The van der Waals surface area contributed by atoms with Gasteiger partial charge in [-0.15, -0.1) is 0 Å². The second kappa shape index (κ2) is 4.00. The highest BCUT2D eigenvalue weighted by Crippen LogP contribution is 2.04. The third-order valence-electron chi connectivity index (χ3n) is 1.71. The van der Waals surface area contributed by atoms with Gasteiger partial charge < -0.3 is 0 Å².